The summed E-state index contributed by atoms with van der Waals surface area (Å²) >= 11 is 0. The fraction of sp³-hybridized carbons (Fsp3) is 0.300. The third kappa shape index (κ3) is 5.80. The summed E-state index contributed by atoms with van der Waals surface area (Å²) in [5.41, 5.74) is 1.17. The number of benzene rings is 1. The Hall–Kier alpha value is -3.51. The molecule has 3 aromatic rings. The molecule has 0 spiro atoms. The molecule has 2 heterocycles. The lowest BCUT2D eigenvalue weighted by molar-refractivity contribution is 0.164. The number of oxazole rings is 1. The highest BCUT2D eigenvalue weighted by Crippen LogP contribution is 2.27. The van der Waals surface area contributed by atoms with Gasteiger partial charge in [0.2, 0.25) is 11.8 Å². The first-order valence-corrected chi connectivity index (χ1v) is 11.6. The summed E-state index contributed by atoms with van der Waals surface area (Å²) < 4.78 is 26.4. The van der Waals surface area contributed by atoms with E-state index in [1.165, 1.54) is 18.7 Å². The average Bonchev–Trinajstić information content (AvgIpc) is 3.28. The third-order valence-electron chi connectivity index (χ3n) is 4.17. The largest absolute Gasteiger partial charge is 0.448 e. The van der Waals surface area contributed by atoms with E-state index >= 15 is 0 Å². The molecule has 11 nitrogen and oxygen atoms in total. The predicted octanol–water partition coefficient (Wildman–Crippen LogP) is 3.28. The molecule has 2 aromatic heterocycles. The Bertz CT molecular complexity index is 1170. The van der Waals surface area contributed by atoms with Gasteiger partial charge in [-0.05, 0) is 38.1 Å². The summed E-state index contributed by atoms with van der Waals surface area (Å²) in [6.07, 6.45) is 5.03. The molecular formula is C20H24N6O5S. The van der Waals surface area contributed by atoms with Crippen LogP contribution in [0.1, 0.15) is 13.8 Å². The number of carbonyl (C=O) groups excluding carboxylic acids is 1. The molecule has 12 heteroatoms. The molecule has 3 N–H and O–H groups in total. The van der Waals surface area contributed by atoms with Crippen LogP contribution in [0.4, 0.5) is 22.2 Å². The molecule has 0 bridgehead atoms. The first-order valence-electron chi connectivity index (χ1n) is 9.72. The first kappa shape index (κ1) is 23.2. The van der Waals surface area contributed by atoms with Crippen molar-refractivity contribution in [1.29, 1.82) is 0 Å². The van der Waals surface area contributed by atoms with Crippen molar-refractivity contribution in [2.75, 3.05) is 30.1 Å². The van der Waals surface area contributed by atoms with Gasteiger partial charge in [0, 0.05) is 29.1 Å². The highest BCUT2D eigenvalue weighted by Gasteiger charge is 2.15. The number of aromatic nitrogens is 3. The Morgan fingerprint density at radius 3 is 2.69 bits per heavy atom. The quantitative estimate of drug-likeness (QED) is 0.456. The monoisotopic (exact) mass is 460 g/mol. The second-order valence-electron chi connectivity index (χ2n) is 6.76. The number of nitrogens with zero attached hydrogens (tertiary/aromatic N) is 4. The molecule has 0 fully saturated rings. The molecule has 0 saturated heterocycles. The number of rotatable bonds is 8. The zero-order valence-electron chi connectivity index (χ0n) is 17.8. The van der Waals surface area contributed by atoms with E-state index in [1.54, 1.807) is 44.3 Å². The molecule has 0 aliphatic rings. The molecule has 0 aliphatic carbocycles. The fourth-order valence-corrected chi connectivity index (χ4v) is 3.69. The Labute approximate surface area is 185 Å². The highest BCUT2D eigenvalue weighted by atomic mass is 32.2. The van der Waals surface area contributed by atoms with Crippen LogP contribution in [0.5, 0.6) is 0 Å². The molecule has 0 aliphatic heterocycles. The van der Waals surface area contributed by atoms with Crippen LogP contribution in [0.2, 0.25) is 0 Å². The van der Waals surface area contributed by atoms with Gasteiger partial charge in [-0.2, -0.15) is 4.98 Å². The molecule has 3 rings (SSSR count). The molecular weight excluding hydrogens is 436 g/mol. The van der Waals surface area contributed by atoms with E-state index in [9.17, 15) is 14.1 Å². The van der Waals surface area contributed by atoms with E-state index in [0.717, 1.165) is 0 Å². The van der Waals surface area contributed by atoms with Crippen molar-refractivity contribution in [2.45, 2.75) is 24.8 Å². The van der Waals surface area contributed by atoms with Crippen LogP contribution in [0.25, 0.3) is 11.5 Å². The van der Waals surface area contributed by atoms with Gasteiger partial charge in [-0.15, -0.1) is 4.36 Å². The van der Waals surface area contributed by atoms with Crippen LogP contribution in [0.3, 0.4) is 0 Å². The Morgan fingerprint density at radius 1 is 1.31 bits per heavy atom. The number of anilines is 3. The summed E-state index contributed by atoms with van der Waals surface area (Å²) in [5, 5.41) is 15.5. The number of hydrogen-bond acceptors (Lipinski definition) is 10. The van der Waals surface area contributed by atoms with E-state index in [-0.39, 0.29) is 25.2 Å². The zero-order chi connectivity index (χ0) is 23.1. The maximum Gasteiger partial charge on any atom is 0.442 e. The van der Waals surface area contributed by atoms with E-state index in [2.05, 4.69) is 29.9 Å². The van der Waals surface area contributed by atoms with Crippen LogP contribution in [0.15, 0.2) is 56.6 Å². The van der Waals surface area contributed by atoms with Crippen molar-refractivity contribution in [3.8, 4) is 11.5 Å². The van der Waals surface area contributed by atoms with Gasteiger partial charge in [0.15, 0.2) is 0 Å². The Balaban J connectivity index is 1.83. The number of nitrogens with one attached hydrogen (secondary N) is 2. The highest BCUT2D eigenvalue weighted by molar-refractivity contribution is 7.93. The van der Waals surface area contributed by atoms with Crippen molar-refractivity contribution >= 4 is 33.3 Å². The molecule has 0 radical (unpaired) electrons. The smallest absolute Gasteiger partial charge is 0.442 e. The molecule has 1 unspecified atom stereocenters. The topological polar surface area (TPSA) is 152 Å². The minimum atomic E-state index is -2.93. The number of aliphatic hydroxyl groups is 1. The lowest BCUT2D eigenvalue weighted by Gasteiger charge is -2.15. The van der Waals surface area contributed by atoms with E-state index < -0.39 is 15.8 Å². The molecule has 0 saturated carbocycles. The van der Waals surface area contributed by atoms with Crippen molar-refractivity contribution < 1.29 is 23.3 Å². The van der Waals surface area contributed by atoms with Gasteiger partial charge in [0.05, 0.1) is 34.7 Å². The van der Waals surface area contributed by atoms with Crippen molar-refractivity contribution in [3.05, 3.63) is 42.9 Å². The third-order valence-corrected chi connectivity index (χ3v) is 5.82. The maximum absolute atomic E-state index is 12.7. The summed E-state index contributed by atoms with van der Waals surface area (Å²) in [7, 11) is -2.93. The number of amides is 1. The predicted molar refractivity (Wildman–Crippen MR) is 119 cm³/mol. The normalized spacial score (nSPS) is 13.6. The van der Waals surface area contributed by atoms with E-state index in [0.29, 0.717) is 27.9 Å². The van der Waals surface area contributed by atoms with E-state index in [4.69, 9.17) is 9.15 Å². The van der Waals surface area contributed by atoms with Crippen molar-refractivity contribution in [3.63, 3.8) is 0 Å². The van der Waals surface area contributed by atoms with Crippen LogP contribution in [-0.2, 0) is 14.5 Å². The fourth-order valence-electron chi connectivity index (χ4n) is 2.61. The van der Waals surface area contributed by atoms with Gasteiger partial charge in [-0.25, -0.2) is 19.0 Å². The number of carbonyl (C=O) groups is 1. The minimum Gasteiger partial charge on any atom is -0.448 e. The number of aliphatic hydroxyl groups excluding tert-OH is 1. The van der Waals surface area contributed by atoms with Crippen LogP contribution in [0, 0.1) is 0 Å². The number of ether oxygens (including phenoxy) is 1. The van der Waals surface area contributed by atoms with Gasteiger partial charge in [0.1, 0.15) is 12.1 Å². The van der Waals surface area contributed by atoms with Gasteiger partial charge < -0.3 is 24.9 Å². The Morgan fingerprint density at radius 2 is 2.06 bits per heavy atom. The van der Waals surface area contributed by atoms with Gasteiger partial charge >= 0.3 is 6.09 Å². The standard InChI is InChI=1S/C20H24N6O5S/c1-4-30-20(28)26-32(3,29)15-7-5-14(6-8-15)24-19-22-11-16(18-21-9-10-31-18)17(25-19)23-13(2)12-27/h5-11,13,27H,4,12H2,1-3H3,(H2,22,23,24,25)/t13-,32?/m1/s1. The van der Waals surface area contributed by atoms with Crippen molar-refractivity contribution in [2.24, 2.45) is 4.36 Å². The second kappa shape index (κ2) is 10.2. The molecule has 32 heavy (non-hydrogen) atoms. The number of hydrogen-bond donors (Lipinski definition) is 3. The lowest BCUT2D eigenvalue weighted by Crippen LogP contribution is -2.21. The van der Waals surface area contributed by atoms with E-state index in [1.807, 2.05) is 0 Å². The second-order valence-corrected chi connectivity index (χ2v) is 9.02. The SMILES string of the molecule is CCOC(=O)N=S(C)(=O)c1ccc(Nc2ncc(-c3ncco3)c(N[C@H](C)CO)n2)cc1. The zero-order valence-corrected chi connectivity index (χ0v) is 18.6. The van der Waals surface area contributed by atoms with Crippen LogP contribution in [-0.4, -0.2) is 55.9 Å². The molecule has 1 amide bonds. The Kier molecular flexibility index (Phi) is 7.38. The average molecular weight is 461 g/mol. The molecule has 1 aromatic carbocycles. The summed E-state index contributed by atoms with van der Waals surface area (Å²) in [5.74, 6) is 1.07. The first-order chi connectivity index (χ1) is 15.3. The summed E-state index contributed by atoms with van der Waals surface area (Å²) in [6, 6.07) is 6.29. The van der Waals surface area contributed by atoms with Gasteiger partial charge in [-0.1, -0.05) is 0 Å². The molecule has 170 valence electrons. The maximum atomic E-state index is 12.7. The molecule has 2 atom stereocenters. The lowest BCUT2D eigenvalue weighted by atomic mass is 10.2. The minimum absolute atomic E-state index is 0.0909. The van der Waals surface area contributed by atoms with Gasteiger partial charge in [-0.3, -0.25) is 0 Å². The summed E-state index contributed by atoms with van der Waals surface area (Å²) in [4.78, 5) is 24.8. The summed E-state index contributed by atoms with van der Waals surface area (Å²) in [6.45, 7) is 3.52. The van der Waals surface area contributed by atoms with Crippen LogP contribution >= 0.6 is 0 Å². The van der Waals surface area contributed by atoms with Crippen LogP contribution < -0.4 is 10.6 Å². The van der Waals surface area contributed by atoms with Gasteiger partial charge in [0.25, 0.3) is 0 Å². The van der Waals surface area contributed by atoms with Crippen molar-refractivity contribution in [1.82, 2.24) is 15.0 Å².